The Balaban J connectivity index is 2.15. The monoisotopic (exact) mass is 274 g/mol. The predicted molar refractivity (Wildman–Crippen MR) is 75.6 cm³/mol. The van der Waals surface area contributed by atoms with Crippen molar-refractivity contribution < 1.29 is 8.42 Å². The van der Waals surface area contributed by atoms with E-state index in [1.807, 2.05) is 42.5 Å². The van der Waals surface area contributed by atoms with Gasteiger partial charge in [0, 0.05) is 13.1 Å². The number of fused-ring (bicyclic) bond motifs is 1. The Morgan fingerprint density at radius 1 is 0.895 bits per heavy atom. The van der Waals surface area contributed by atoms with Crippen LogP contribution >= 0.6 is 0 Å². The number of nitrogens with one attached hydrogen (secondary N) is 2. The van der Waals surface area contributed by atoms with Gasteiger partial charge in [-0.2, -0.15) is 0 Å². The van der Waals surface area contributed by atoms with Gasteiger partial charge in [0.2, 0.25) is 10.0 Å². The Morgan fingerprint density at radius 2 is 1.68 bits per heavy atom. The predicted octanol–water partition coefficient (Wildman–Crippen LogP) is 2.06. The van der Waals surface area contributed by atoms with Crippen molar-refractivity contribution in [2.75, 3.05) is 18.4 Å². The highest BCUT2D eigenvalue weighted by molar-refractivity contribution is 7.89. The maximum atomic E-state index is 12.1. The summed E-state index contributed by atoms with van der Waals surface area (Å²) >= 11 is 0. The largest absolute Gasteiger partial charge is 0.383 e. The maximum Gasteiger partial charge on any atom is 0.242 e. The van der Waals surface area contributed by atoms with Gasteiger partial charge in [0.1, 0.15) is 4.90 Å². The van der Waals surface area contributed by atoms with Crippen LogP contribution in [0.2, 0.25) is 0 Å². The van der Waals surface area contributed by atoms with Gasteiger partial charge in [0.15, 0.2) is 0 Å². The lowest BCUT2D eigenvalue weighted by atomic mass is 10.1. The lowest BCUT2D eigenvalue weighted by molar-refractivity contribution is 0.585. The van der Waals surface area contributed by atoms with E-state index >= 15 is 0 Å². The smallest absolute Gasteiger partial charge is 0.242 e. The number of benzene rings is 2. The molecule has 19 heavy (non-hydrogen) atoms. The summed E-state index contributed by atoms with van der Waals surface area (Å²) in [4.78, 5) is 0.311. The molecule has 0 saturated heterocycles. The van der Waals surface area contributed by atoms with E-state index in [0.717, 1.165) is 11.1 Å². The van der Waals surface area contributed by atoms with Crippen molar-refractivity contribution in [3.8, 4) is 11.1 Å². The summed E-state index contributed by atoms with van der Waals surface area (Å²) < 4.78 is 26.8. The minimum Gasteiger partial charge on any atom is -0.383 e. The number of anilines is 1. The molecule has 0 unspecified atom stereocenters. The molecule has 1 aliphatic heterocycles. The number of hydrogen-bond donors (Lipinski definition) is 2. The molecule has 0 saturated carbocycles. The number of sulfonamides is 1. The third-order valence-electron chi connectivity index (χ3n) is 3.11. The van der Waals surface area contributed by atoms with Crippen molar-refractivity contribution in [2.45, 2.75) is 4.90 Å². The maximum absolute atomic E-state index is 12.1. The first kappa shape index (κ1) is 12.2. The van der Waals surface area contributed by atoms with E-state index in [9.17, 15) is 8.42 Å². The van der Waals surface area contributed by atoms with E-state index in [1.54, 1.807) is 6.07 Å². The highest BCUT2D eigenvalue weighted by Gasteiger charge is 2.21. The molecule has 5 heteroatoms. The first-order valence-corrected chi connectivity index (χ1v) is 7.58. The molecule has 0 aliphatic carbocycles. The molecule has 0 atom stereocenters. The molecule has 0 fully saturated rings. The van der Waals surface area contributed by atoms with Gasteiger partial charge >= 0.3 is 0 Å². The summed E-state index contributed by atoms with van der Waals surface area (Å²) in [6, 6.07) is 15.2. The average molecular weight is 274 g/mol. The zero-order valence-corrected chi connectivity index (χ0v) is 11.1. The summed E-state index contributed by atoms with van der Waals surface area (Å²) in [5, 5.41) is 3.12. The first-order valence-electron chi connectivity index (χ1n) is 6.10. The topological polar surface area (TPSA) is 58.2 Å². The van der Waals surface area contributed by atoms with E-state index in [0.29, 0.717) is 23.7 Å². The van der Waals surface area contributed by atoms with Gasteiger partial charge in [-0.3, -0.25) is 0 Å². The van der Waals surface area contributed by atoms with Gasteiger partial charge in [0.25, 0.3) is 0 Å². The van der Waals surface area contributed by atoms with Gasteiger partial charge < -0.3 is 5.32 Å². The Hall–Kier alpha value is -1.85. The number of rotatable bonds is 1. The standard InChI is InChI=1S/C14H14N2O2S/c17-19(18)14-10-12(11-4-2-1-3-5-11)6-7-13(14)15-8-9-16-19/h1-7,10,15-16H,8-9H2. The molecule has 0 spiro atoms. The molecule has 0 aromatic heterocycles. The van der Waals surface area contributed by atoms with Gasteiger partial charge in [-0.15, -0.1) is 0 Å². The van der Waals surface area contributed by atoms with Crippen LogP contribution in [0, 0.1) is 0 Å². The molecule has 0 bridgehead atoms. The zero-order valence-electron chi connectivity index (χ0n) is 10.3. The van der Waals surface area contributed by atoms with E-state index in [4.69, 9.17) is 0 Å². The van der Waals surface area contributed by atoms with Crippen LogP contribution in [0.3, 0.4) is 0 Å². The van der Waals surface area contributed by atoms with Crippen molar-refractivity contribution in [1.82, 2.24) is 4.72 Å². The lowest BCUT2D eigenvalue weighted by Crippen LogP contribution is -2.25. The van der Waals surface area contributed by atoms with Crippen molar-refractivity contribution >= 4 is 15.7 Å². The average Bonchev–Trinajstić information content (AvgIpc) is 2.58. The minimum absolute atomic E-state index is 0.311. The molecule has 0 radical (unpaired) electrons. The van der Waals surface area contributed by atoms with Gasteiger partial charge in [-0.25, -0.2) is 13.1 Å². The fourth-order valence-corrected chi connectivity index (χ4v) is 3.40. The molecule has 2 N–H and O–H groups in total. The Labute approximate surface area is 112 Å². The fraction of sp³-hybridized carbons (Fsp3) is 0.143. The molecule has 4 nitrogen and oxygen atoms in total. The van der Waals surface area contributed by atoms with Crippen molar-refractivity contribution in [1.29, 1.82) is 0 Å². The third-order valence-corrected chi connectivity index (χ3v) is 4.61. The molecule has 3 rings (SSSR count). The third kappa shape index (κ3) is 2.34. The van der Waals surface area contributed by atoms with Gasteiger partial charge in [-0.05, 0) is 23.3 Å². The summed E-state index contributed by atoms with van der Waals surface area (Å²) in [6.07, 6.45) is 0. The lowest BCUT2D eigenvalue weighted by Gasteiger charge is -2.09. The Morgan fingerprint density at radius 3 is 2.47 bits per heavy atom. The van der Waals surface area contributed by atoms with Crippen LogP contribution < -0.4 is 10.0 Å². The van der Waals surface area contributed by atoms with Crippen molar-refractivity contribution in [2.24, 2.45) is 0 Å². The molecule has 2 aromatic rings. The first-order chi connectivity index (χ1) is 9.17. The van der Waals surface area contributed by atoms with Crippen LogP contribution in [0.1, 0.15) is 0 Å². The Bertz CT molecular complexity index is 697. The van der Waals surface area contributed by atoms with E-state index in [2.05, 4.69) is 10.0 Å². The van der Waals surface area contributed by atoms with Crippen molar-refractivity contribution in [3.05, 3.63) is 48.5 Å². The number of hydrogen-bond acceptors (Lipinski definition) is 3. The molecular formula is C14H14N2O2S. The van der Waals surface area contributed by atoms with Gasteiger partial charge in [-0.1, -0.05) is 36.4 Å². The highest BCUT2D eigenvalue weighted by Crippen LogP contribution is 2.29. The summed E-state index contributed by atoms with van der Waals surface area (Å²) in [5.74, 6) is 0. The summed E-state index contributed by atoms with van der Waals surface area (Å²) in [5.41, 5.74) is 2.56. The van der Waals surface area contributed by atoms with Crippen molar-refractivity contribution in [3.63, 3.8) is 0 Å². The van der Waals surface area contributed by atoms with E-state index < -0.39 is 10.0 Å². The normalized spacial score (nSPS) is 17.1. The molecule has 1 heterocycles. The zero-order chi connectivity index (χ0) is 13.3. The van der Waals surface area contributed by atoms with Crippen LogP contribution in [0.15, 0.2) is 53.4 Å². The van der Waals surface area contributed by atoms with Crippen LogP contribution in [-0.4, -0.2) is 21.5 Å². The molecular weight excluding hydrogens is 260 g/mol. The molecule has 98 valence electrons. The van der Waals surface area contributed by atoms with Crippen LogP contribution in [0.5, 0.6) is 0 Å². The molecule has 1 aliphatic rings. The van der Waals surface area contributed by atoms with Crippen LogP contribution in [-0.2, 0) is 10.0 Å². The fourth-order valence-electron chi connectivity index (χ4n) is 2.16. The van der Waals surface area contributed by atoms with E-state index in [1.165, 1.54) is 0 Å². The summed E-state index contributed by atoms with van der Waals surface area (Å²) in [7, 11) is -3.42. The molecule has 0 amide bonds. The molecule has 2 aromatic carbocycles. The second kappa shape index (κ2) is 4.68. The Kier molecular flexibility index (Phi) is 3.00. The quantitative estimate of drug-likeness (QED) is 0.837. The second-order valence-electron chi connectivity index (χ2n) is 4.40. The van der Waals surface area contributed by atoms with Crippen LogP contribution in [0.4, 0.5) is 5.69 Å². The minimum atomic E-state index is -3.42. The summed E-state index contributed by atoms with van der Waals surface area (Å²) in [6.45, 7) is 0.995. The SMILES string of the molecule is O=S1(=O)NCCNc2ccc(-c3ccccc3)cc21. The highest BCUT2D eigenvalue weighted by atomic mass is 32.2. The van der Waals surface area contributed by atoms with Crippen LogP contribution in [0.25, 0.3) is 11.1 Å². The second-order valence-corrected chi connectivity index (χ2v) is 6.14. The van der Waals surface area contributed by atoms with Gasteiger partial charge in [0.05, 0.1) is 5.69 Å². The van der Waals surface area contributed by atoms with E-state index in [-0.39, 0.29) is 0 Å².